The Balaban J connectivity index is 1.85. The number of hydrogen-bond acceptors (Lipinski definition) is 2. The first-order chi connectivity index (χ1) is 8.57. The standard InChI is InChI=1S/C14H24N2O2/c1-14(18)8-5-10-16(11-9-14)13(17)15-12-6-3-2-4-7-12/h3,6,12,18H,2,4-5,7-11H2,1H3,(H,15,17)/t12-,14-/m0/s1. The summed E-state index contributed by atoms with van der Waals surface area (Å²) in [7, 11) is 0. The van der Waals surface area contributed by atoms with Gasteiger partial charge >= 0.3 is 6.03 Å². The molecule has 18 heavy (non-hydrogen) atoms. The van der Waals surface area contributed by atoms with E-state index in [0.29, 0.717) is 13.0 Å². The molecule has 1 aliphatic carbocycles. The summed E-state index contributed by atoms with van der Waals surface area (Å²) in [5.74, 6) is 0. The third-order valence-electron chi connectivity index (χ3n) is 3.91. The van der Waals surface area contributed by atoms with E-state index >= 15 is 0 Å². The SMILES string of the molecule is C[C@]1(O)CCCN(C(=O)N[C@H]2C=CCCC2)CC1. The van der Waals surface area contributed by atoms with Gasteiger partial charge in [0, 0.05) is 19.1 Å². The molecule has 1 heterocycles. The van der Waals surface area contributed by atoms with Gasteiger partial charge in [-0.3, -0.25) is 0 Å². The Kier molecular flexibility index (Phi) is 4.27. The Morgan fingerprint density at radius 3 is 2.94 bits per heavy atom. The van der Waals surface area contributed by atoms with Crippen molar-refractivity contribution in [1.82, 2.24) is 10.2 Å². The van der Waals surface area contributed by atoms with E-state index in [2.05, 4.69) is 17.5 Å². The lowest BCUT2D eigenvalue weighted by molar-refractivity contribution is 0.0456. The third kappa shape index (κ3) is 3.73. The smallest absolute Gasteiger partial charge is 0.317 e. The number of aliphatic hydroxyl groups is 1. The maximum atomic E-state index is 12.1. The molecule has 2 amide bonds. The molecule has 4 nitrogen and oxygen atoms in total. The number of rotatable bonds is 1. The van der Waals surface area contributed by atoms with Gasteiger partial charge in [0.2, 0.25) is 0 Å². The Morgan fingerprint density at radius 2 is 2.22 bits per heavy atom. The second kappa shape index (κ2) is 5.74. The van der Waals surface area contributed by atoms with Gasteiger partial charge in [0.1, 0.15) is 0 Å². The molecule has 0 unspecified atom stereocenters. The zero-order chi connectivity index (χ0) is 13.0. The van der Waals surface area contributed by atoms with E-state index in [4.69, 9.17) is 0 Å². The molecule has 0 aromatic rings. The lowest BCUT2D eigenvalue weighted by Gasteiger charge is -2.26. The van der Waals surface area contributed by atoms with E-state index in [0.717, 1.165) is 38.6 Å². The molecule has 0 spiro atoms. The fourth-order valence-corrected chi connectivity index (χ4v) is 2.65. The van der Waals surface area contributed by atoms with Crippen molar-refractivity contribution in [3.8, 4) is 0 Å². The van der Waals surface area contributed by atoms with Gasteiger partial charge in [-0.25, -0.2) is 4.79 Å². The van der Waals surface area contributed by atoms with Crippen molar-refractivity contribution in [3.05, 3.63) is 12.2 Å². The highest BCUT2D eigenvalue weighted by Gasteiger charge is 2.27. The van der Waals surface area contributed by atoms with E-state index in [9.17, 15) is 9.90 Å². The van der Waals surface area contributed by atoms with Crippen molar-refractivity contribution in [2.45, 2.75) is 57.1 Å². The largest absolute Gasteiger partial charge is 0.390 e. The van der Waals surface area contributed by atoms with E-state index in [1.54, 1.807) is 0 Å². The van der Waals surface area contributed by atoms with Crippen molar-refractivity contribution >= 4 is 6.03 Å². The van der Waals surface area contributed by atoms with Gasteiger partial charge in [-0.05, 0) is 45.4 Å². The predicted molar refractivity (Wildman–Crippen MR) is 71.4 cm³/mol. The fraction of sp³-hybridized carbons (Fsp3) is 0.786. The zero-order valence-electron chi connectivity index (χ0n) is 11.2. The average molecular weight is 252 g/mol. The van der Waals surface area contributed by atoms with Gasteiger partial charge in [0.05, 0.1) is 5.60 Å². The van der Waals surface area contributed by atoms with Crippen LogP contribution in [0, 0.1) is 0 Å². The van der Waals surface area contributed by atoms with Crippen molar-refractivity contribution in [2.24, 2.45) is 0 Å². The van der Waals surface area contributed by atoms with Gasteiger partial charge in [-0.1, -0.05) is 12.2 Å². The lowest BCUT2D eigenvalue weighted by Crippen LogP contribution is -2.45. The molecule has 1 saturated heterocycles. The van der Waals surface area contributed by atoms with Gasteiger partial charge in [0.15, 0.2) is 0 Å². The summed E-state index contributed by atoms with van der Waals surface area (Å²) in [6.07, 6.45) is 9.86. The summed E-state index contributed by atoms with van der Waals surface area (Å²) in [4.78, 5) is 14.0. The summed E-state index contributed by atoms with van der Waals surface area (Å²) in [6, 6.07) is 0.208. The van der Waals surface area contributed by atoms with E-state index in [1.165, 1.54) is 0 Å². The summed E-state index contributed by atoms with van der Waals surface area (Å²) in [5, 5.41) is 13.1. The maximum Gasteiger partial charge on any atom is 0.317 e. The number of amides is 2. The second-order valence-electron chi connectivity index (χ2n) is 5.75. The van der Waals surface area contributed by atoms with Crippen LogP contribution in [0.5, 0.6) is 0 Å². The van der Waals surface area contributed by atoms with Crippen molar-refractivity contribution in [2.75, 3.05) is 13.1 Å². The molecule has 2 N–H and O–H groups in total. The molecule has 1 fully saturated rings. The van der Waals surface area contributed by atoms with Crippen LogP contribution >= 0.6 is 0 Å². The predicted octanol–water partition coefficient (Wildman–Crippen LogP) is 2.04. The second-order valence-corrected chi connectivity index (χ2v) is 5.75. The molecule has 2 atom stereocenters. The summed E-state index contributed by atoms with van der Waals surface area (Å²) in [6.45, 7) is 3.26. The van der Waals surface area contributed by atoms with Crippen LogP contribution in [-0.2, 0) is 0 Å². The van der Waals surface area contributed by atoms with Crippen LogP contribution in [0.1, 0.15) is 45.4 Å². The van der Waals surface area contributed by atoms with Gasteiger partial charge in [0.25, 0.3) is 0 Å². The van der Waals surface area contributed by atoms with Gasteiger partial charge in [-0.2, -0.15) is 0 Å². The number of hydrogen-bond donors (Lipinski definition) is 2. The third-order valence-corrected chi connectivity index (χ3v) is 3.91. The fourth-order valence-electron chi connectivity index (χ4n) is 2.65. The van der Waals surface area contributed by atoms with Crippen LogP contribution in [0.15, 0.2) is 12.2 Å². The summed E-state index contributed by atoms with van der Waals surface area (Å²) in [5.41, 5.74) is -0.611. The number of carbonyl (C=O) groups is 1. The maximum absolute atomic E-state index is 12.1. The van der Waals surface area contributed by atoms with Gasteiger partial charge < -0.3 is 15.3 Å². The number of nitrogens with one attached hydrogen (secondary N) is 1. The Hall–Kier alpha value is -1.03. The highest BCUT2D eigenvalue weighted by atomic mass is 16.3. The number of carbonyl (C=O) groups excluding carboxylic acids is 1. The normalized spacial score (nSPS) is 33.0. The van der Waals surface area contributed by atoms with E-state index in [1.807, 2.05) is 11.8 Å². The van der Waals surface area contributed by atoms with Gasteiger partial charge in [-0.15, -0.1) is 0 Å². The van der Waals surface area contributed by atoms with Crippen LogP contribution in [0.3, 0.4) is 0 Å². The topological polar surface area (TPSA) is 52.6 Å². The summed E-state index contributed by atoms with van der Waals surface area (Å²) >= 11 is 0. The molecule has 1 aliphatic heterocycles. The lowest BCUT2D eigenvalue weighted by atomic mass is 9.98. The zero-order valence-corrected chi connectivity index (χ0v) is 11.2. The Morgan fingerprint density at radius 1 is 1.39 bits per heavy atom. The Labute approximate surface area is 109 Å². The van der Waals surface area contributed by atoms with Crippen molar-refractivity contribution in [3.63, 3.8) is 0 Å². The first-order valence-corrected chi connectivity index (χ1v) is 7.01. The van der Waals surface area contributed by atoms with Crippen LogP contribution in [0.2, 0.25) is 0 Å². The van der Waals surface area contributed by atoms with Crippen molar-refractivity contribution < 1.29 is 9.90 Å². The minimum absolute atomic E-state index is 0.0178. The monoisotopic (exact) mass is 252 g/mol. The molecule has 2 aliphatic rings. The number of urea groups is 1. The number of nitrogens with zero attached hydrogens (tertiary/aromatic N) is 1. The number of allylic oxidation sites excluding steroid dienone is 1. The minimum atomic E-state index is -0.611. The molecule has 102 valence electrons. The first kappa shape index (κ1) is 13.4. The molecule has 0 aromatic heterocycles. The minimum Gasteiger partial charge on any atom is -0.390 e. The molecular weight excluding hydrogens is 228 g/mol. The van der Waals surface area contributed by atoms with E-state index < -0.39 is 5.60 Å². The van der Waals surface area contributed by atoms with E-state index in [-0.39, 0.29) is 12.1 Å². The Bertz CT molecular complexity index is 326. The van der Waals surface area contributed by atoms with Crippen LogP contribution in [0.25, 0.3) is 0 Å². The highest BCUT2D eigenvalue weighted by Crippen LogP contribution is 2.21. The molecule has 2 rings (SSSR count). The summed E-state index contributed by atoms with van der Waals surface area (Å²) < 4.78 is 0. The molecule has 0 radical (unpaired) electrons. The van der Waals surface area contributed by atoms with Crippen LogP contribution < -0.4 is 5.32 Å². The average Bonchev–Trinajstić information content (AvgIpc) is 2.51. The number of likely N-dealkylation sites (tertiary alicyclic amines) is 1. The highest BCUT2D eigenvalue weighted by molar-refractivity contribution is 5.74. The van der Waals surface area contributed by atoms with Crippen molar-refractivity contribution in [1.29, 1.82) is 0 Å². The molecular formula is C14H24N2O2. The molecule has 0 bridgehead atoms. The quantitative estimate of drug-likeness (QED) is 0.702. The molecule has 4 heteroatoms. The first-order valence-electron chi connectivity index (χ1n) is 7.01. The molecule has 0 aromatic carbocycles. The molecule has 0 saturated carbocycles. The van der Waals surface area contributed by atoms with Crippen LogP contribution in [-0.4, -0.2) is 40.8 Å². The van der Waals surface area contributed by atoms with Crippen LogP contribution in [0.4, 0.5) is 4.79 Å².